The third-order valence-corrected chi connectivity index (χ3v) is 3.40. The molecule has 0 fully saturated rings. The van der Waals surface area contributed by atoms with Gasteiger partial charge in [-0.1, -0.05) is 50.3 Å². The lowest BCUT2D eigenvalue weighted by atomic mass is 10.0. The largest absolute Gasteiger partial charge is 0.389 e. The Balaban J connectivity index is 2.07. The minimum atomic E-state index is 0.357. The van der Waals surface area contributed by atoms with E-state index in [1.807, 2.05) is 12.1 Å². The van der Waals surface area contributed by atoms with Crippen molar-refractivity contribution in [1.29, 1.82) is 0 Å². The van der Waals surface area contributed by atoms with Crippen molar-refractivity contribution < 1.29 is 0 Å². The van der Waals surface area contributed by atoms with Crippen LogP contribution >= 0.6 is 12.2 Å². The minimum absolute atomic E-state index is 0.357. The number of thiocarbonyl (C=S) groups is 1. The van der Waals surface area contributed by atoms with Gasteiger partial charge in [-0.3, -0.25) is 0 Å². The van der Waals surface area contributed by atoms with Crippen molar-refractivity contribution in [3.05, 3.63) is 59.3 Å². The molecule has 0 atom stereocenters. The van der Waals surface area contributed by atoms with Gasteiger partial charge < -0.3 is 11.1 Å². The second-order valence-corrected chi connectivity index (χ2v) is 5.45. The SMILES string of the molecule is CC(C)c1ccc(CNc2ncccc2C(N)=S)cc1. The van der Waals surface area contributed by atoms with Crippen molar-refractivity contribution in [2.45, 2.75) is 26.3 Å². The number of hydrogen-bond donors (Lipinski definition) is 2. The van der Waals surface area contributed by atoms with Crippen LogP contribution in [0.2, 0.25) is 0 Å². The highest BCUT2D eigenvalue weighted by molar-refractivity contribution is 7.80. The fourth-order valence-corrected chi connectivity index (χ4v) is 2.12. The lowest BCUT2D eigenvalue weighted by Crippen LogP contribution is -2.14. The van der Waals surface area contributed by atoms with Crippen LogP contribution in [0.15, 0.2) is 42.6 Å². The van der Waals surface area contributed by atoms with Crippen molar-refractivity contribution in [3.63, 3.8) is 0 Å². The molecule has 0 amide bonds. The first-order valence-electron chi connectivity index (χ1n) is 6.65. The van der Waals surface area contributed by atoms with Gasteiger partial charge >= 0.3 is 0 Å². The minimum Gasteiger partial charge on any atom is -0.389 e. The van der Waals surface area contributed by atoms with E-state index in [9.17, 15) is 0 Å². The van der Waals surface area contributed by atoms with E-state index < -0.39 is 0 Å². The summed E-state index contributed by atoms with van der Waals surface area (Å²) in [5, 5.41) is 3.28. The Hall–Kier alpha value is -1.94. The number of rotatable bonds is 5. The molecule has 2 rings (SSSR count). The number of nitrogens with zero attached hydrogens (tertiary/aromatic N) is 1. The predicted octanol–water partition coefficient (Wildman–Crippen LogP) is 3.45. The molecule has 0 unspecified atom stereocenters. The van der Waals surface area contributed by atoms with Crippen LogP contribution in [0.5, 0.6) is 0 Å². The van der Waals surface area contributed by atoms with E-state index in [4.69, 9.17) is 18.0 Å². The molecule has 1 aromatic heterocycles. The normalized spacial score (nSPS) is 10.6. The third kappa shape index (κ3) is 3.54. The van der Waals surface area contributed by atoms with E-state index in [0.29, 0.717) is 17.5 Å². The molecule has 2 aromatic rings. The number of pyridine rings is 1. The van der Waals surface area contributed by atoms with Gasteiger partial charge in [0.1, 0.15) is 10.8 Å². The summed E-state index contributed by atoms with van der Waals surface area (Å²) in [4.78, 5) is 4.64. The number of nitrogens with one attached hydrogen (secondary N) is 1. The van der Waals surface area contributed by atoms with Gasteiger partial charge in [-0.2, -0.15) is 0 Å². The van der Waals surface area contributed by atoms with Gasteiger partial charge in [-0.25, -0.2) is 4.98 Å². The van der Waals surface area contributed by atoms with Crippen LogP contribution in [0.25, 0.3) is 0 Å². The van der Waals surface area contributed by atoms with Gasteiger partial charge in [-0.15, -0.1) is 0 Å². The highest BCUT2D eigenvalue weighted by Gasteiger charge is 2.05. The Morgan fingerprint density at radius 3 is 2.55 bits per heavy atom. The van der Waals surface area contributed by atoms with Crippen molar-refractivity contribution in [2.75, 3.05) is 5.32 Å². The van der Waals surface area contributed by atoms with Crippen LogP contribution in [-0.2, 0) is 6.54 Å². The number of hydrogen-bond acceptors (Lipinski definition) is 3. The zero-order valence-corrected chi connectivity index (χ0v) is 12.6. The Morgan fingerprint density at radius 2 is 1.95 bits per heavy atom. The first kappa shape index (κ1) is 14.5. The van der Waals surface area contributed by atoms with E-state index in [1.165, 1.54) is 11.1 Å². The molecule has 1 aromatic carbocycles. The van der Waals surface area contributed by atoms with Crippen LogP contribution in [0.3, 0.4) is 0 Å². The lowest BCUT2D eigenvalue weighted by molar-refractivity contribution is 0.865. The van der Waals surface area contributed by atoms with E-state index in [2.05, 4.69) is 48.4 Å². The Labute approximate surface area is 125 Å². The number of benzene rings is 1. The van der Waals surface area contributed by atoms with Crippen molar-refractivity contribution >= 4 is 23.0 Å². The van der Waals surface area contributed by atoms with E-state index >= 15 is 0 Å². The summed E-state index contributed by atoms with van der Waals surface area (Å²) >= 11 is 5.02. The molecule has 4 heteroatoms. The van der Waals surface area contributed by atoms with Gasteiger partial charge in [0, 0.05) is 12.7 Å². The summed E-state index contributed by atoms with van der Waals surface area (Å²) in [6, 6.07) is 12.3. The first-order chi connectivity index (χ1) is 9.58. The highest BCUT2D eigenvalue weighted by Crippen LogP contribution is 2.16. The van der Waals surface area contributed by atoms with Crippen LogP contribution in [0, 0.1) is 0 Å². The topological polar surface area (TPSA) is 50.9 Å². The molecule has 3 nitrogen and oxygen atoms in total. The van der Waals surface area contributed by atoms with E-state index in [0.717, 1.165) is 11.4 Å². The summed E-state index contributed by atoms with van der Waals surface area (Å²) in [5.41, 5.74) is 9.01. The monoisotopic (exact) mass is 285 g/mol. The zero-order chi connectivity index (χ0) is 14.5. The molecule has 0 bridgehead atoms. The summed E-state index contributed by atoms with van der Waals surface area (Å²) in [5.74, 6) is 1.28. The van der Waals surface area contributed by atoms with Crippen LogP contribution in [0.1, 0.15) is 36.5 Å². The maximum atomic E-state index is 5.69. The number of aromatic nitrogens is 1. The first-order valence-corrected chi connectivity index (χ1v) is 7.06. The summed E-state index contributed by atoms with van der Waals surface area (Å²) in [6.07, 6.45) is 1.73. The Morgan fingerprint density at radius 1 is 1.25 bits per heavy atom. The van der Waals surface area contributed by atoms with Crippen molar-refractivity contribution in [1.82, 2.24) is 4.98 Å². The van der Waals surface area contributed by atoms with Crippen molar-refractivity contribution in [3.8, 4) is 0 Å². The van der Waals surface area contributed by atoms with E-state index in [1.54, 1.807) is 6.20 Å². The predicted molar refractivity (Wildman–Crippen MR) is 88.0 cm³/mol. The second kappa shape index (κ2) is 6.48. The average molecular weight is 285 g/mol. The quantitative estimate of drug-likeness (QED) is 0.826. The molecule has 0 aliphatic heterocycles. The molecule has 0 saturated heterocycles. The smallest absolute Gasteiger partial charge is 0.136 e. The fraction of sp³-hybridized carbons (Fsp3) is 0.250. The summed E-state index contributed by atoms with van der Waals surface area (Å²) in [6.45, 7) is 5.08. The maximum absolute atomic E-state index is 5.69. The van der Waals surface area contributed by atoms with Gasteiger partial charge in [0.15, 0.2) is 0 Å². The van der Waals surface area contributed by atoms with Crippen LogP contribution in [0.4, 0.5) is 5.82 Å². The lowest BCUT2D eigenvalue weighted by Gasteiger charge is -2.11. The molecule has 20 heavy (non-hydrogen) atoms. The Bertz CT molecular complexity index is 591. The molecular weight excluding hydrogens is 266 g/mol. The fourth-order valence-electron chi connectivity index (χ4n) is 1.95. The number of nitrogens with two attached hydrogens (primary N) is 1. The molecule has 104 valence electrons. The highest BCUT2D eigenvalue weighted by atomic mass is 32.1. The summed E-state index contributed by atoms with van der Waals surface area (Å²) < 4.78 is 0. The zero-order valence-electron chi connectivity index (χ0n) is 11.8. The summed E-state index contributed by atoms with van der Waals surface area (Å²) in [7, 11) is 0. The molecular formula is C16H19N3S. The standard InChI is InChI=1S/C16H19N3S/c1-11(2)13-7-5-12(6-8-13)10-19-16-14(15(17)20)4-3-9-18-16/h3-9,11H,10H2,1-2H3,(H2,17,20)(H,18,19). The molecule has 0 aliphatic rings. The van der Waals surface area contributed by atoms with Gasteiger partial charge in [-0.05, 0) is 29.2 Å². The van der Waals surface area contributed by atoms with Crippen molar-refractivity contribution in [2.24, 2.45) is 5.73 Å². The van der Waals surface area contributed by atoms with Gasteiger partial charge in [0.2, 0.25) is 0 Å². The number of anilines is 1. The second-order valence-electron chi connectivity index (χ2n) is 5.01. The van der Waals surface area contributed by atoms with Gasteiger partial charge in [0.25, 0.3) is 0 Å². The van der Waals surface area contributed by atoms with Crippen LogP contribution < -0.4 is 11.1 Å². The molecule has 0 spiro atoms. The van der Waals surface area contributed by atoms with E-state index in [-0.39, 0.29) is 0 Å². The molecule has 0 saturated carbocycles. The van der Waals surface area contributed by atoms with Gasteiger partial charge in [0.05, 0.1) is 5.56 Å². The molecule has 0 radical (unpaired) electrons. The third-order valence-electron chi connectivity index (χ3n) is 3.18. The average Bonchev–Trinajstić information content (AvgIpc) is 2.45. The molecule has 3 N–H and O–H groups in total. The molecule has 1 heterocycles. The maximum Gasteiger partial charge on any atom is 0.136 e. The Kier molecular flexibility index (Phi) is 4.69. The van der Waals surface area contributed by atoms with Crippen LogP contribution in [-0.4, -0.2) is 9.97 Å². The molecule has 0 aliphatic carbocycles.